The minimum absolute atomic E-state index is 0.0421. The summed E-state index contributed by atoms with van der Waals surface area (Å²) in [5.74, 6) is -1.08. The van der Waals surface area contributed by atoms with E-state index in [2.05, 4.69) is 0 Å². The molecular formula is C13H17FN2O3. The molecule has 1 unspecified atom stereocenters. The van der Waals surface area contributed by atoms with E-state index in [-0.39, 0.29) is 18.3 Å². The minimum atomic E-state index is -0.642. The lowest BCUT2D eigenvalue weighted by Crippen LogP contribution is -2.43. The highest BCUT2D eigenvalue weighted by Crippen LogP contribution is 2.15. The van der Waals surface area contributed by atoms with Crippen LogP contribution >= 0.6 is 0 Å². The van der Waals surface area contributed by atoms with Crippen molar-refractivity contribution in [2.75, 3.05) is 26.3 Å². The van der Waals surface area contributed by atoms with Crippen LogP contribution in [0, 0.1) is 5.82 Å². The predicted molar refractivity (Wildman–Crippen MR) is 67.0 cm³/mol. The molecule has 1 aromatic rings. The Bertz CT molecular complexity index is 467. The molecule has 0 spiro atoms. The number of rotatable bonds is 4. The summed E-state index contributed by atoms with van der Waals surface area (Å²) < 4.78 is 19.2. The fourth-order valence-electron chi connectivity index (χ4n) is 2.10. The maximum atomic E-state index is 13.8. The Morgan fingerprint density at radius 2 is 2.37 bits per heavy atom. The van der Waals surface area contributed by atoms with Crippen LogP contribution < -0.4 is 5.73 Å². The van der Waals surface area contributed by atoms with Gasteiger partial charge in [0.1, 0.15) is 5.82 Å². The second-order valence-corrected chi connectivity index (χ2v) is 4.58. The van der Waals surface area contributed by atoms with Crippen molar-refractivity contribution in [1.82, 2.24) is 4.90 Å². The van der Waals surface area contributed by atoms with Crippen LogP contribution in [0.5, 0.6) is 0 Å². The molecule has 1 heterocycles. The average Bonchev–Trinajstić information content (AvgIpc) is 2.41. The summed E-state index contributed by atoms with van der Waals surface area (Å²) in [6, 6.07) is 4.24. The first-order valence-corrected chi connectivity index (χ1v) is 6.13. The molecule has 1 saturated heterocycles. The quantitative estimate of drug-likeness (QED) is 0.813. The maximum absolute atomic E-state index is 13.8. The van der Waals surface area contributed by atoms with Crippen LogP contribution in [0.15, 0.2) is 18.2 Å². The topological polar surface area (TPSA) is 75.8 Å². The van der Waals surface area contributed by atoms with Crippen LogP contribution in [0.25, 0.3) is 0 Å². The van der Waals surface area contributed by atoms with E-state index >= 15 is 0 Å². The van der Waals surface area contributed by atoms with E-state index in [4.69, 9.17) is 15.6 Å². The summed E-state index contributed by atoms with van der Waals surface area (Å²) in [4.78, 5) is 12.9. The first-order valence-electron chi connectivity index (χ1n) is 6.13. The van der Waals surface area contributed by atoms with Crippen molar-refractivity contribution >= 4 is 5.91 Å². The summed E-state index contributed by atoms with van der Waals surface area (Å²) in [7, 11) is 0. The van der Waals surface area contributed by atoms with E-state index in [1.165, 1.54) is 6.07 Å². The predicted octanol–water partition coefficient (Wildman–Crippen LogP) is 0.118. The van der Waals surface area contributed by atoms with Gasteiger partial charge in [0.25, 0.3) is 0 Å². The number of benzene rings is 1. The molecule has 104 valence electrons. The van der Waals surface area contributed by atoms with Crippen molar-refractivity contribution in [2.45, 2.75) is 12.6 Å². The van der Waals surface area contributed by atoms with Crippen molar-refractivity contribution in [3.8, 4) is 0 Å². The molecule has 0 aliphatic carbocycles. The highest BCUT2D eigenvalue weighted by atomic mass is 19.1. The number of carbonyl (C=O) groups excluding carboxylic acids is 1. The monoisotopic (exact) mass is 268 g/mol. The first-order chi connectivity index (χ1) is 9.10. The fraction of sp³-hybridized carbons (Fsp3) is 0.462. The van der Waals surface area contributed by atoms with Gasteiger partial charge in [0, 0.05) is 30.8 Å². The van der Waals surface area contributed by atoms with Gasteiger partial charge < -0.3 is 15.6 Å². The summed E-state index contributed by atoms with van der Waals surface area (Å²) in [5, 5.41) is 9.05. The number of morpholine rings is 1. The molecule has 1 aromatic carbocycles. The number of primary amides is 1. The van der Waals surface area contributed by atoms with Gasteiger partial charge in [-0.25, -0.2) is 4.39 Å². The smallest absolute Gasteiger partial charge is 0.248 e. The average molecular weight is 268 g/mol. The van der Waals surface area contributed by atoms with Crippen LogP contribution in [-0.4, -0.2) is 48.3 Å². The number of carbonyl (C=O) groups is 1. The van der Waals surface area contributed by atoms with Gasteiger partial charge in [-0.1, -0.05) is 6.07 Å². The van der Waals surface area contributed by atoms with E-state index in [1.807, 2.05) is 4.90 Å². The maximum Gasteiger partial charge on any atom is 0.248 e. The largest absolute Gasteiger partial charge is 0.394 e. The third kappa shape index (κ3) is 3.50. The third-order valence-electron chi connectivity index (χ3n) is 3.16. The summed E-state index contributed by atoms with van der Waals surface area (Å²) >= 11 is 0. The zero-order valence-electron chi connectivity index (χ0n) is 10.5. The molecular weight excluding hydrogens is 251 g/mol. The van der Waals surface area contributed by atoms with E-state index < -0.39 is 11.7 Å². The van der Waals surface area contributed by atoms with Gasteiger partial charge in [-0.05, 0) is 12.1 Å². The molecule has 1 fully saturated rings. The number of aliphatic hydroxyl groups excluding tert-OH is 1. The van der Waals surface area contributed by atoms with Gasteiger partial charge in [0.05, 0.1) is 19.3 Å². The van der Waals surface area contributed by atoms with Crippen molar-refractivity contribution in [2.24, 2.45) is 5.73 Å². The van der Waals surface area contributed by atoms with Gasteiger partial charge in [-0.15, -0.1) is 0 Å². The van der Waals surface area contributed by atoms with Gasteiger partial charge in [0.2, 0.25) is 5.91 Å². The number of nitrogens with zero attached hydrogens (tertiary/aromatic N) is 1. The minimum Gasteiger partial charge on any atom is -0.394 e. The lowest BCUT2D eigenvalue weighted by Gasteiger charge is -2.32. The number of hydrogen-bond acceptors (Lipinski definition) is 4. The normalized spacial score (nSPS) is 20.4. The second kappa shape index (κ2) is 6.10. The van der Waals surface area contributed by atoms with Crippen LogP contribution in [0.3, 0.4) is 0 Å². The molecule has 5 nitrogen and oxygen atoms in total. The fourth-order valence-corrected chi connectivity index (χ4v) is 2.10. The van der Waals surface area contributed by atoms with Crippen LogP contribution in [0.4, 0.5) is 4.39 Å². The molecule has 1 aliphatic rings. The lowest BCUT2D eigenvalue weighted by molar-refractivity contribution is -0.0553. The molecule has 2 rings (SSSR count). The number of halogens is 1. The van der Waals surface area contributed by atoms with Gasteiger partial charge in [0.15, 0.2) is 0 Å². The summed E-state index contributed by atoms with van der Waals surface area (Å²) in [6.07, 6.45) is -0.221. The highest BCUT2D eigenvalue weighted by molar-refractivity contribution is 5.92. The van der Waals surface area contributed by atoms with Gasteiger partial charge in [-0.3, -0.25) is 9.69 Å². The Morgan fingerprint density at radius 1 is 1.58 bits per heavy atom. The number of hydrogen-bond donors (Lipinski definition) is 2. The molecule has 0 saturated carbocycles. The summed E-state index contributed by atoms with van der Waals surface area (Å²) in [6.45, 7) is 2.15. The standard InChI is InChI=1S/C13H17FN2O3/c14-12-5-9(13(15)18)1-2-10(12)6-16-3-4-19-11(7-16)8-17/h1-2,5,11,17H,3-4,6-8H2,(H2,15,18). The lowest BCUT2D eigenvalue weighted by atomic mass is 10.1. The Hall–Kier alpha value is -1.50. The SMILES string of the molecule is NC(=O)c1ccc(CN2CCOC(CO)C2)c(F)c1. The van der Waals surface area contributed by atoms with Crippen molar-refractivity contribution in [3.05, 3.63) is 35.1 Å². The van der Waals surface area contributed by atoms with Gasteiger partial charge >= 0.3 is 0 Å². The number of nitrogens with two attached hydrogens (primary N) is 1. The molecule has 6 heteroatoms. The summed E-state index contributed by atoms with van der Waals surface area (Å²) in [5.41, 5.74) is 5.76. The zero-order chi connectivity index (χ0) is 13.8. The zero-order valence-corrected chi connectivity index (χ0v) is 10.5. The van der Waals surface area contributed by atoms with Gasteiger partial charge in [-0.2, -0.15) is 0 Å². The van der Waals surface area contributed by atoms with Crippen molar-refractivity contribution in [1.29, 1.82) is 0 Å². The van der Waals surface area contributed by atoms with E-state index in [9.17, 15) is 9.18 Å². The Morgan fingerprint density at radius 3 is 3.00 bits per heavy atom. The third-order valence-corrected chi connectivity index (χ3v) is 3.16. The van der Waals surface area contributed by atoms with E-state index in [0.717, 1.165) is 6.07 Å². The highest BCUT2D eigenvalue weighted by Gasteiger charge is 2.20. The molecule has 1 atom stereocenters. The first kappa shape index (κ1) is 13.9. The molecule has 1 amide bonds. The van der Waals surface area contributed by atoms with E-state index in [1.54, 1.807) is 6.07 Å². The number of aliphatic hydroxyl groups is 1. The molecule has 1 aliphatic heterocycles. The van der Waals surface area contributed by atoms with Crippen LogP contribution in [0.2, 0.25) is 0 Å². The van der Waals surface area contributed by atoms with Crippen LogP contribution in [-0.2, 0) is 11.3 Å². The Balaban J connectivity index is 2.04. The Labute approximate surface area is 110 Å². The molecule has 3 N–H and O–H groups in total. The Kier molecular flexibility index (Phi) is 4.47. The second-order valence-electron chi connectivity index (χ2n) is 4.58. The molecule has 19 heavy (non-hydrogen) atoms. The number of ether oxygens (including phenoxy) is 1. The molecule has 0 aromatic heterocycles. The van der Waals surface area contributed by atoms with Crippen molar-refractivity contribution < 1.29 is 19.0 Å². The van der Waals surface area contributed by atoms with E-state index in [0.29, 0.717) is 31.8 Å². The molecule has 0 radical (unpaired) electrons. The molecule has 0 bridgehead atoms. The number of amides is 1. The van der Waals surface area contributed by atoms with Crippen molar-refractivity contribution in [3.63, 3.8) is 0 Å². The van der Waals surface area contributed by atoms with Crippen LogP contribution in [0.1, 0.15) is 15.9 Å².